The van der Waals surface area contributed by atoms with Crippen LogP contribution < -0.4 is 0 Å². The summed E-state index contributed by atoms with van der Waals surface area (Å²) in [6.45, 7) is 2.26. The molecule has 0 N–H and O–H groups in total. The number of hydrogen-bond acceptors (Lipinski definition) is 0. The van der Waals surface area contributed by atoms with E-state index in [-0.39, 0.29) is 0 Å². The van der Waals surface area contributed by atoms with E-state index >= 15 is 0 Å². The smallest absolute Gasteiger partial charge is 0.126 e. The largest absolute Gasteiger partial charge is 0.207 e. The maximum Gasteiger partial charge on any atom is 0.126 e. The second kappa shape index (κ2) is 7.92. The van der Waals surface area contributed by atoms with Crippen molar-refractivity contribution in [3.8, 4) is 11.1 Å². The van der Waals surface area contributed by atoms with E-state index in [1.807, 2.05) is 12.1 Å². The Bertz CT molecular complexity index is 632. The zero-order valence-corrected chi connectivity index (χ0v) is 14.4. The molecule has 0 amide bonds. The Morgan fingerprint density at radius 3 is 2.04 bits per heavy atom. The van der Waals surface area contributed by atoms with Crippen molar-refractivity contribution >= 4 is 0 Å². The molecule has 0 aromatic heterocycles. The standard InChI is InChI=1S/C22H26F2/c1-2-3-4-16-5-7-17(8-6-16)18-9-11-19(12-10-18)20-13-21(23)15-22(24)14-20/h9-17H,2-8H2,1H3. The van der Waals surface area contributed by atoms with E-state index in [2.05, 4.69) is 19.1 Å². The van der Waals surface area contributed by atoms with Crippen LogP contribution in [0.2, 0.25) is 0 Å². The van der Waals surface area contributed by atoms with Gasteiger partial charge in [-0.1, -0.05) is 50.5 Å². The van der Waals surface area contributed by atoms with Gasteiger partial charge in [-0.05, 0) is 66.3 Å². The Hall–Kier alpha value is -1.70. The number of hydrogen-bond donors (Lipinski definition) is 0. The molecular weight excluding hydrogens is 302 g/mol. The van der Waals surface area contributed by atoms with Gasteiger partial charge in [-0.25, -0.2) is 8.78 Å². The summed E-state index contributed by atoms with van der Waals surface area (Å²) >= 11 is 0. The van der Waals surface area contributed by atoms with Crippen LogP contribution in [-0.4, -0.2) is 0 Å². The fraction of sp³-hybridized carbons (Fsp3) is 0.455. The summed E-state index contributed by atoms with van der Waals surface area (Å²) in [4.78, 5) is 0. The fourth-order valence-electron chi connectivity index (χ4n) is 3.95. The molecule has 0 heterocycles. The van der Waals surface area contributed by atoms with E-state index in [1.165, 1.54) is 62.6 Å². The summed E-state index contributed by atoms with van der Waals surface area (Å²) in [5, 5.41) is 0. The van der Waals surface area contributed by atoms with Gasteiger partial charge in [0, 0.05) is 6.07 Å². The molecule has 24 heavy (non-hydrogen) atoms. The molecule has 2 heteroatoms. The van der Waals surface area contributed by atoms with Gasteiger partial charge in [-0.2, -0.15) is 0 Å². The summed E-state index contributed by atoms with van der Waals surface area (Å²) in [5.41, 5.74) is 2.83. The number of rotatable bonds is 5. The minimum absolute atomic E-state index is 0.528. The molecule has 0 aliphatic heterocycles. The molecule has 0 spiro atoms. The highest BCUT2D eigenvalue weighted by atomic mass is 19.1. The highest BCUT2D eigenvalue weighted by molar-refractivity contribution is 5.63. The van der Waals surface area contributed by atoms with Crippen LogP contribution >= 0.6 is 0 Å². The Morgan fingerprint density at radius 2 is 1.46 bits per heavy atom. The molecule has 128 valence electrons. The van der Waals surface area contributed by atoms with Crippen LogP contribution in [-0.2, 0) is 0 Å². The lowest BCUT2D eigenvalue weighted by Gasteiger charge is -2.29. The Kier molecular flexibility index (Phi) is 5.65. The van der Waals surface area contributed by atoms with Gasteiger partial charge >= 0.3 is 0 Å². The second-order valence-electron chi connectivity index (χ2n) is 7.14. The molecule has 1 fully saturated rings. The molecule has 0 bridgehead atoms. The SMILES string of the molecule is CCCCC1CCC(c2ccc(-c3cc(F)cc(F)c3)cc2)CC1. The Labute approximate surface area is 143 Å². The van der Waals surface area contributed by atoms with E-state index in [9.17, 15) is 8.78 Å². The molecule has 2 aromatic rings. The van der Waals surface area contributed by atoms with Crippen molar-refractivity contribution in [2.75, 3.05) is 0 Å². The Balaban J connectivity index is 1.65. The quantitative estimate of drug-likeness (QED) is 0.549. The van der Waals surface area contributed by atoms with Crippen LogP contribution in [0.25, 0.3) is 11.1 Å². The average molecular weight is 328 g/mol. The first-order chi connectivity index (χ1) is 11.7. The predicted octanol–water partition coefficient (Wildman–Crippen LogP) is 7.10. The summed E-state index contributed by atoms with van der Waals surface area (Å²) < 4.78 is 26.7. The molecule has 1 aliphatic carbocycles. The number of benzene rings is 2. The molecule has 0 saturated heterocycles. The summed E-state index contributed by atoms with van der Waals surface area (Å²) in [6.07, 6.45) is 9.23. The lowest BCUT2D eigenvalue weighted by molar-refractivity contribution is 0.304. The van der Waals surface area contributed by atoms with Crippen LogP contribution in [0.1, 0.15) is 63.4 Å². The molecule has 0 unspecified atom stereocenters. The minimum Gasteiger partial charge on any atom is -0.207 e. The van der Waals surface area contributed by atoms with Crippen LogP contribution in [0.3, 0.4) is 0 Å². The maximum absolute atomic E-state index is 13.4. The molecular formula is C22H26F2. The van der Waals surface area contributed by atoms with E-state index in [4.69, 9.17) is 0 Å². The normalized spacial score (nSPS) is 21.0. The third-order valence-electron chi connectivity index (χ3n) is 5.39. The van der Waals surface area contributed by atoms with E-state index in [0.717, 1.165) is 17.5 Å². The maximum atomic E-state index is 13.4. The predicted molar refractivity (Wildman–Crippen MR) is 96.0 cm³/mol. The first-order valence-corrected chi connectivity index (χ1v) is 9.22. The van der Waals surface area contributed by atoms with Crippen molar-refractivity contribution < 1.29 is 8.78 Å². The monoisotopic (exact) mass is 328 g/mol. The van der Waals surface area contributed by atoms with Crippen molar-refractivity contribution in [2.45, 2.75) is 57.8 Å². The van der Waals surface area contributed by atoms with Gasteiger partial charge in [0.25, 0.3) is 0 Å². The zero-order chi connectivity index (χ0) is 16.9. The highest BCUT2D eigenvalue weighted by Crippen LogP contribution is 2.38. The molecule has 3 rings (SSSR count). The van der Waals surface area contributed by atoms with Gasteiger partial charge < -0.3 is 0 Å². The van der Waals surface area contributed by atoms with E-state index in [0.29, 0.717) is 11.5 Å². The molecule has 2 aromatic carbocycles. The van der Waals surface area contributed by atoms with Crippen molar-refractivity contribution in [3.63, 3.8) is 0 Å². The second-order valence-corrected chi connectivity index (χ2v) is 7.14. The van der Waals surface area contributed by atoms with Gasteiger partial charge in [-0.3, -0.25) is 0 Å². The zero-order valence-electron chi connectivity index (χ0n) is 14.4. The fourth-order valence-corrected chi connectivity index (χ4v) is 3.95. The van der Waals surface area contributed by atoms with Crippen molar-refractivity contribution in [1.29, 1.82) is 0 Å². The lowest BCUT2D eigenvalue weighted by Crippen LogP contribution is -2.13. The molecule has 0 radical (unpaired) electrons. The van der Waals surface area contributed by atoms with Gasteiger partial charge in [0.2, 0.25) is 0 Å². The lowest BCUT2D eigenvalue weighted by atomic mass is 9.77. The third-order valence-corrected chi connectivity index (χ3v) is 5.39. The van der Waals surface area contributed by atoms with Gasteiger partial charge in [0.15, 0.2) is 0 Å². The molecule has 0 atom stereocenters. The molecule has 1 saturated carbocycles. The van der Waals surface area contributed by atoms with Gasteiger partial charge in [0.1, 0.15) is 11.6 Å². The first-order valence-electron chi connectivity index (χ1n) is 9.22. The van der Waals surface area contributed by atoms with Crippen molar-refractivity contribution in [3.05, 3.63) is 59.7 Å². The van der Waals surface area contributed by atoms with E-state index in [1.54, 1.807) is 0 Å². The highest BCUT2D eigenvalue weighted by Gasteiger charge is 2.21. The average Bonchev–Trinajstić information content (AvgIpc) is 2.60. The van der Waals surface area contributed by atoms with Gasteiger partial charge in [0.05, 0.1) is 0 Å². The minimum atomic E-state index is -0.528. The number of halogens is 2. The summed E-state index contributed by atoms with van der Waals surface area (Å²) in [7, 11) is 0. The topological polar surface area (TPSA) is 0 Å². The summed E-state index contributed by atoms with van der Waals surface area (Å²) in [6, 6.07) is 11.9. The van der Waals surface area contributed by atoms with Crippen LogP contribution in [0.15, 0.2) is 42.5 Å². The van der Waals surface area contributed by atoms with E-state index < -0.39 is 11.6 Å². The van der Waals surface area contributed by atoms with Crippen LogP contribution in [0.5, 0.6) is 0 Å². The molecule has 1 aliphatic rings. The van der Waals surface area contributed by atoms with Crippen molar-refractivity contribution in [2.24, 2.45) is 5.92 Å². The molecule has 0 nitrogen and oxygen atoms in total. The van der Waals surface area contributed by atoms with Crippen LogP contribution in [0.4, 0.5) is 8.78 Å². The third kappa shape index (κ3) is 4.23. The summed E-state index contributed by atoms with van der Waals surface area (Å²) in [5.74, 6) is 0.496. The van der Waals surface area contributed by atoms with Gasteiger partial charge in [-0.15, -0.1) is 0 Å². The van der Waals surface area contributed by atoms with Crippen LogP contribution in [0, 0.1) is 17.6 Å². The number of unbranched alkanes of at least 4 members (excludes halogenated alkanes) is 1. The Morgan fingerprint density at radius 1 is 0.833 bits per heavy atom. The first kappa shape index (κ1) is 17.1. The van der Waals surface area contributed by atoms with Crippen molar-refractivity contribution in [1.82, 2.24) is 0 Å².